The van der Waals surface area contributed by atoms with Crippen LogP contribution in [0.2, 0.25) is 0 Å². The van der Waals surface area contributed by atoms with Crippen molar-refractivity contribution in [1.82, 2.24) is 9.80 Å². The number of hydrogen-bond donors (Lipinski definition) is 1. The highest BCUT2D eigenvalue weighted by molar-refractivity contribution is 5.85. The molecule has 1 amide bonds. The van der Waals surface area contributed by atoms with E-state index in [4.69, 9.17) is 5.73 Å². The van der Waals surface area contributed by atoms with Gasteiger partial charge < -0.3 is 10.6 Å². The minimum Gasteiger partial charge on any atom is -0.340 e. The molecule has 2 heterocycles. The summed E-state index contributed by atoms with van der Waals surface area (Å²) >= 11 is 0. The van der Waals surface area contributed by atoms with Gasteiger partial charge in [-0.05, 0) is 37.3 Å². The van der Waals surface area contributed by atoms with Crippen molar-refractivity contribution in [3.63, 3.8) is 0 Å². The molecule has 130 valence electrons. The van der Waals surface area contributed by atoms with Gasteiger partial charge in [0, 0.05) is 32.2 Å². The van der Waals surface area contributed by atoms with E-state index in [1.807, 2.05) is 11.8 Å². The number of amides is 1. The molecule has 1 saturated heterocycles. The maximum atomic E-state index is 12.7. The van der Waals surface area contributed by atoms with Crippen molar-refractivity contribution >= 4 is 30.7 Å². The third-order valence-corrected chi connectivity index (χ3v) is 4.83. The number of carbonyl (C=O) groups is 1. The van der Waals surface area contributed by atoms with E-state index >= 15 is 0 Å². The summed E-state index contributed by atoms with van der Waals surface area (Å²) in [5.74, 6) is 0.240. The fourth-order valence-corrected chi connectivity index (χ4v) is 3.48. The Balaban J connectivity index is 0.00000132. The van der Waals surface area contributed by atoms with Crippen LogP contribution in [0.25, 0.3) is 0 Å². The van der Waals surface area contributed by atoms with Crippen LogP contribution in [0.3, 0.4) is 0 Å². The molecule has 0 aromatic heterocycles. The fourth-order valence-electron chi connectivity index (χ4n) is 3.48. The summed E-state index contributed by atoms with van der Waals surface area (Å²) < 4.78 is 0. The number of rotatable bonds is 2. The van der Waals surface area contributed by atoms with Crippen molar-refractivity contribution in [3.8, 4) is 0 Å². The van der Waals surface area contributed by atoms with Crippen molar-refractivity contribution in [2.45, 2.75) is 44.8 Å². The first-order chi connectivity index (χ1) is 10.1. The third kappa shape index (κ3) is 4.60. The van der Waals surface area contributed by atoms with Crippen LogP contribution >= 0.6 is 24.8 Å². The van der Waals surface area contributed by atoms with Crippen molar-refractivity contribution < 1.29 is 4.79 Å². The number of benzene rings is 1. The number of piperidine rings is 1. The topological polar surface area (TPSA) is 49.6 Å². The van der Waals surface area contributed by atoms with Gasteiger partial charge in [0.1, 0.15) is 0 Å². The first kappa shape index (κ1) is 20.2. The molecule has 0 spiro atoms. The summed E-state index contributed by atoms with van der Waals surface area (Å²) in [6, 6.07) is 8.65. The molecule has 2 aliphatic heterocycles. The predicted molar refractivity (Wildman–Crippen MR) is 98.3 cm³/mol. The molecule has 1 aromatic carbocycles. The van der Waals surface area contributed by atoms with Crippen LogP contribution in [-0.4, -0.2) is 47.4 Å². The zero-order valence-corrected chi connectivity index (χ0v) is 15.2. The Hall–Kier alpha value is -0.810. The Labute approximate surface area is 151 Å². The van der Waals surface area contributed by atoms with E-state index in [1.165, 1.54) is 11.1 Å². The van der Waals surface area contributed by atoms with Crippen molar-refractivity contribution in [3.05, 3.63) is 35.4 Å². The van der Waals surface area contributed by atoms with Crippen molar-refractivity contribution in [2.75, 3.05) is 19.6 Å². The lowest BCUT2D eigenvalue weighted by atomic mass is 9.98. The van der Waals surface area contributed by atoms with Crippen LogP contribution in [0.1, 0.15) is 30.9 Å². The maximum Gasteiger partial charge on any atom is 0.239 e. The van der Waals surface area contributed by atoms with Crippen molar-refractivity contribution in [1.29, 1.82) is 0 Å². The smallest absolute Gasteiger partial charge is 0.239 e. The van der Waals surface area contributed by atoms with Crippen LogP contribution in [0.15, 0.2) is 24.3 Å². The Morgan fingerprint density at radius 3 is 2.61 bits per heavy atom. The van der Waals surface area contributed by atoms with E-state index in [9.17, 15) is 4.79 Å². The van der Waals surface area contributed by atoms with Crippen molar-refractivity contribution in [2.24, 2.45) is 5.73 Å². The van der Waals surface area contributed by atoms with E-state index in [-0.39, 0.29) is 42.8 Å². The summed E-state index contributed by atoms with van der Waals surface area (Å²) in [7, 11) is 0. The second kappa shape index (κ2) is 8.88. The Kier molecular flexibility index (Phi) is 7.81. The highest BCUT2D eigenvalue weighted by Gasteiger charge is 2.30. The molecule has 0 radical (unpaired) electrons. The molecule has 1 fully saturated rings. The molecule has 2 N–H and O–H groups in total. The molecular formula is C17H27Cl2N3O. The standard InChI is InChI=1S/C17H25N3O.2ClH/c1-13(17(21)20-9-4-7-16(18)12-20)19-10-8-14-5-2-3-6-15(14)11-19;;/h2-3,5-6,13,16H,4,7-12,18H2,1H3;2*1H. The van der Waals surface area contributed by atoms with Crippen LogP contribution in [0.4, 0.5) is 0 Å². The number of nitrogens with two attached hydrogens (primary N) is 1. The highest BCUT2D eigenvalue weighted by Crippen LogP contribution is 2.21. The number of fused-ring (bicyclic) bond motifs is 1. The van der Waals surface area contributed by atoms with Crippen LogP contribution in [-0.2, 0) is 17.8 Å². The second-order valence-corrected chi connectivity index (χ2v) is 6.35. The number of carbonyl (C=O) groups excluding carboxylic acids is 1. The summed E-state index contributed by atoms with van der Waals surface area (Å²) in [4.78, 5) is 16.9. The lowest BCUT2D eigenvalue weighted by Gasteiger charge is -2.38. The lowest BCUT2D eigenvalue weighted by Crippen LogP contribution is -2.53. The molecular weight excluding hydrogens is 333 g/mol. The van der Waals surface area contributed by atoms with Gasteiger partial charge in [-0.25, -0.2) is 0 Å². The van der Waals surface area contributed by atoms with Gasteiger partial charge in [0.25, 0.3) is 0 Å². The number of likely N-dealkylation sites (tertiary alicyclic amines) is 1. The quantitative estimate of drug-likeness (QED) is 0.880. The fraction of sp³-hybridized carbons (Fsp3) is 0.588. The summed E-state index contributed by atoms with van der Waals surface area (Å²) in [6.07, 6.45) is 3.10. The van der Waals surface area contributed by atoms with Gasteiger partial charge in [0.15, 0.2) is 0 Å². The van der Waals surface area contributed by atoms with Gasteiger partial charge in [0.05, 0.1) is 6.04 Å². The Bertz CT molecular complexity index is 526. The molecule has 6 heteroatoms. The first-order valence-corrected chi connectivity index (χ1v) is 8.00. The molecule has 0 saturated carbocycles. The zero-order valence-electron chi connectivity index (χ0n) is 13.6. The van der Waals surface area contributed by atoms with E-state index < -0.39 is 0 Å². The Morgan fingerprint density at radius 1 is 1.22 bits per heavy atom. The van der Waals surface area contributed by atoms with Crippen LogP contribution < -0.4 is 5.73 Å². The number of hydrogen-bond acceptors (Lipinski definition) is 3. The number of halogens is 2. The molecule has 2 atom stereocenters. The zero-order chi connectivity index (χ0) is 14.8. The molecule has 1 aromatic rings. The molecule has 2 aliphatic rings. The first-order valence-electron chi connectivity index (χ1n) is 8.00. The third-order valence-electron chi connectivity index (χ3n) is 4.83. The van der Waals surface area contributed by atoms with E-state index in [2.05, 4.69) is 29.2 Å². The van der Waals surface area contributed by atoms with Gasteiger partial charge in [-0.2, -0.15) is 0 Å². The summed E-state index contributed by atoms with van der Waals surface area (Å²) in [6.45, 7) is 5.46. The second-order valence-electron chi connectivity index (χ2n) is 6.35. The molecule has 4 nitrogen and oxygen atoms in total. The van der Waals surface area contributed by atoms with Crippen LogP contribution in [0.5, 0.6) is 0 Å². The minimum absolute atomic E-state index is 0. The molecule has 23 heavy (non-hydrogen) atoms. The normalized spacial score (nSPS) is 22.3. The van der Waals surface area contributed by atoms with Gasteiger partial charge in [-0.1, -0.05) is 24.3 Å². The average Bonchev–Trinajstić information content (AvgIpc) is 2.53. The van der Waals surface area contributed by atoms with Gasteiger partial charge in [-0.3, -0.25) is 9.69 Å². The SMILES string of the molecule is CC(C(=O)N1CCCC(N)C1)N1CCc2ccccc2C1.Cl.Cl. The molecule has 0 bridgehead atoms. The number of nitrogens with zero attached hydrogens (tertiary/aromatic N) is 2. The largest absolute Gasteiger partial charge is 0.340 e. The van der Waals surface area contributed by atoms with Gasteiger partial charge >= 0.3 is 0 Å². The minimum atomic E-state index is -0.0522. The van der Waals surface area contributed by atoms with E-state index in [0.717, 1.165) is 38.9 Å². The Morgan fingerprint density at radius 2 is 1.91 bits per heavy atom. The molecule has 0 aliphatic carbocycles. The maximum absolute atomic E-state index is 12.7. The summed E-state index contributed by atoms with van der Waals surface area (Å²) in [5.41, 5.74) is 8.78. The monoisotopic (exact) mass is 359 g/mol. The van der Waals surface area contributed by atoms with E-state index in [1.54, 1.807) is 0 Å². The van der Waals surface area contributed by atoms with Crippen LogP contribution in [0, 0.1) is 0 Å². The summed E-state index contributed by atoms with van der Waals surface area (Å²) in [5, 5.41) is 0. The van der Waals surface area contributed by atoms with E-state index in [0.29, 0.717) is 6.54 Å². The molecule has 3 rings (SSSR count). The van der Waals surface area contributed by atoms with Gasteiger partial charge in [0.2, 0.25) is 5.91 Å². The highest BCUT2D eigenvalue weighted by atomic mass is 35.5. The predicted octanol–water partition coefficient (Wildman–Crippen LogP) is 2.23. The molecule has 2 unspecified atom stereocenters. The average molecular weight is 360 g/mol. The van der Waals surface area contributed by atoms with Gasteiger partial charge in [-0.15, -0.1) is 24.8 Å². The lowest BCUT2D eigenvalue weighted by molar-refractivity contribution is -0.138.